The first-order valence-electron chi connectivity index (χ1n) is 10.7. The number of carbonyl (C=O) groups excluding carboxylic acids is 1. The number of nitrogens with one attached hydrogen (secondary N) is 1. The van der Waals surface area contributed by atoms with Gasteiger partial charge < -0.3 is 5.32 Å². The van der Waals surface area contributed by atoms with Gasteiger partial charge in [0, 0.05) is 12.1 Å². The molecule has 2 aromatic carbocycles. The summed E-state index contributed by atoms with van der Waals surface area (Å²) in [7, 11) is 0. The van der Waals surface area contributed by atoms with Gasteiger partial charge in [-0.05, 0) is 80.9 Å². The Labute approximate surface area is 170 Å². The van der Waals surface area contributed by atoms with E-state index < -0.39 is 0 Å². The smallest absolute Gasteiger partial charge is 0.251 e. The third-order valence-corrected chi connectivity index (χ3v) is 6.01. The highest BCUT2D eigenvalue weighted by atomic mass is 16.1. The Morgan fingerprint density at radius 1 is 1.11 bits per heavy atom. The zero-order valence-electron chi connectivity index (χ0n) is 17.8. The number of hydrogen-bond acceptors (Lipinski definition) is 2. The average molecular weight is 379 g/mol. The summed E-state index contributed by atoms with van der Waals surface area (Å²) in [4.78, 5) is 15.3. The molecule has 1 saturated heterocycles. The maximum absolute atomic E-state index is 12.8. The second-order valence-corrected chi connectivity index (χ2v) is 8.45. The van der Waals surface area contributed by atoms with Crippen molar-refractivity contribution in [1.82, 2.24) is 10.2 Å². The summed E-state index contributed by atoms with van der Waals surface area (Å²) in [5, 5.41) is 3.22. The predicted molar refractivity (Wildman–Crippen MR) is 117 cm³/mol. The van der Waals surface area contributed by atoms with Crippen LogP contribution in [0.2, 0.25) is 0 Å². The fourth-order valence-corrected chi connectivity index (χ4v) is 4.10. The number of rotatable bonds is 6. The van der Waals surface area contributed by atoms with Crippen molar-refractivity contribution in [2.45, 2.75) is 59.5 Å². The van der Waals surface area contributed by atoms with Gasteiger partial charge >= 0.3 is 0 Å². The van der Waals surface area contributed by atoms with Gasteiger partial charge in [0.25, 0.3) is 5.91 Å². The van der Waals surface area contributed by atoms with E-state index in [9.17, 15) is 4.79 Å². The molecule has 28 heavy (non-hydrogen) atoms. The van der Waals surface area contributed by atoms with Crippen molar-refractivity contribution in [2.24, 2.45) is 5.92 Å². The van der Waals surface area contributed by atoms with Crippen molar-refractivity contribution in [3.05, 3.63) is 70.3 Å². The molecule has 1 aliphatic rings. The van der Waals surface area contributed by atoms with Crippen LogP contribution in [0.4, 0.5) is 0 Å². The molecule has 3 nitrogen and oxygen atoms in total. The monoisotopic (exact) mass is 378 g/mol. The molecular weight excluding hydrogens is 344 g/mol. The van der Waals surface area contributed by atoms with Gasteiger partial charge in [-0.25, -0.2) is 0 Å². The zero-order chi connectivity index (χ0) is 20.1. The van der Waals surface area contributed by atoms with Crippen LogP contribution in [-0.2, 0) is 6.54 Å². The summed E-state index contributed by atoms with van der Waals surface area (Å²) in [5.74, 6) is 0.858. The molecule has 1 fully saturated rings. The lowest BCUT2D eigenvalue weighted by molar-refractivity contribution is 0.0935. The van der Waals surface area contributed by atoms with Crippen molar-refractivity contribution in [3.63, 3.8) is 0 Å². The maximum atomic E-state index is 12.8. The van der Waals surface area contributed by atoms with Gasteiger partial charge in [-0.15, -0.1) is 0 Å². The average Bonchev–Trinajstić information content (AvgIpc) is 2.69. The van der Waals surface area contributed by atoms with E-state index in [1.165, 1.54) is 48.2 Å². The van der Waals surface area contributed by atoms with Crippen LogP contribution in [0, 0.1) is 19.8 Å². The Morgan fingerprint density at radius 2 is 1.79 bits per heavy atom. The molecule has 0 spiro atoms. The number of aryl methyl sites for hydroxylation is 2. The van der Waals surface area contributed by atoms with Gasteiger partial charge in [0.1, 0.15) is 0 Å². The van der Waals surface area contributed by atoms with E-state index in [2.05, 4.69) is 68.2 Å². The van der Waals surface area contributed by atoms with Crippen LogP contribution in [0.25, 0.3) is 0 Å². The molecule has 1 amide bonds. The van der Waals surface area contributed by atoms with E-state index in [4.69, 9.17) is 0 Å². The van der Waals surface area contributed by atoms with Crippen LogP contribution in [0.1, 0.15) is 71.8 Å². The fraction of sp³-hybridized carbons (Fsp3) is 0.480. The second kappa shape index (κ2) is 9.38. The van der Waals surface area contributed by atoms with Gasteiger partial charge in [0.05, 0.1) is 6.04 Å². The molecule has 150 valence electrons. The third-order valence-electron chi connectivity index (χ3n) is 6.01. The minimum atomic E-state index is 0.00479. The summed E-state index contributed by atoms with van der Waals surface area (Å²) < 4.78 is 0. The largest absolute Gasteiger partial charge is 0.345 e. The first kappa shape index (κ1) is 20.6. The van der Waals surface area contributed by atoms with Crippen LogP contribution in [0.5, 0.6) is 0 Å². The molecule has 3 heteroatoms. The number of amides is 1. The second-order valence-electron chi connectivity index (χ2n) is 8.45. The number of hydrogen-bond donors (Lipinski definition) is 1. The first-order chi connectivity index (χ1) is 13.5. The van der Waals surface area contributed by atoms with Crippen molar-refractivity contribution in [1.29, 1.82) is 0 Å². The molecule has 1 heterocycles. The maximum Gasteiger partial charge on any atom is 0.251 e. The molecule has 3 rings (SSSR count). The Kier molecular flexibility index (Phi) is 6.90. The predicted octanol–water partition coefficient (Wildman–Crippen LogP) is 5.42. The first-order valence-corrected chi connectivity index (χ1v) is 10.7. The number of nitrogens with zero attached hydrogens (tertiary/aromatic N) is 1. The molecule has 0 bridgehead atoms. The molecule has 1 atom stereocenters. The van der Waals surface area contributed by atoms with Crippen molar-refractivity contribution >= 4 is 5.91 Å². The third kappa shape index (κ3) is 5.23. The molecule has 2 aromatic rings. The van der Waals surface area contributed by atoms with Gasteiger partial charge in [-0.2, -0.15) is 0 Å². The van der Waals surface area contributed by atoms with Crippen molar-refractivity contribution < 1.29 is 4.79 Å². The van der Waals surface area contributed by atoms with Crippen LogP contribution in [-0.4, -0.2) is 23.9 Å². The number of piperidine rings is 1. The Morgan fingerprint density at radius 3 is 2.39 bits per heavy atom. The minimum absolute atomic E-state index is 0.00479. The highest BCUT2D eigenvalue weighted by Crippen LogP contribution is 2.23. The highest BCUT2D eigenvalue weighted by Gasteiger charge is 2.17. The lowest BCUT2D eigenvalue weighted by Gasteiger charge is -2.30. The normalized spacial score (nSPS) is 16.7. The molecule has 0 aromatic heterocycles. The quantitative estimate of drug-likeness (QED) is 0.728. The van der Waals surface area contributed by atoms with E-state index in [1.807, 2.05) is 12.1 Å². The van der Waals surface area contributed by atoms with Gasteiger partial charge in [0.2, 0.25) is 0 Å². The topological polar surface area (TPSA) is 32.3 Å². The minimum Gasteiger partial charge on any atom is -0.345 e. The van der Waals surface area contributed by atoms with Crippen LogP contribution >= 0.6 is 0 Å². The number of likely N-dealkylation sites (tertiary alicyclic amines) is 1. The van der Waals surface area contributed by atoms with E-state index in [0.29, 0.717) is 0 Å². The molecule has 0 saturated carbocycles. The highest BCUT2D eigenvalue weighted by molar-refractivity contribution is 5.94. The van der Waals surface area contributed by atoms with E-state index in [1.54, 1.807) is 0 Å². The van der Waals surface area contributed by atoms with Crippen LogP contribution in [0.15, 0.2) is 42.5 Å². The molecule has 0 aliphatic carbocycles. The molecule has 0 radical (unpaired) electrons. The van der Waals surface area contributed by atoms with E-state index in [-0.39, 0.29) is 11.9 Å². The van der Waals surface area contributed by atoms with Crippen LogP contribution in [0.3, 0.4) is 0 Å². The van der Waals surface area contributed by atoms with Gasteiger partial charge in [-0.1, -0.05) is 49.7 Å². The summed E-state index contributed by atoms with van der Waals surface area (Å²) in [6, 6.07) is 14.6. The summed E-state index contributed by atoms with van der Waals surface area (Å²) in [5.41, 5.74) is 5.71. The number of carbonyl (C=O) groups is 1. The standard InChI is InChI=1S/C25H34N2O/c1-5-24(23-11-6-19(3)16-20(23)4)26-25(28)22-9-7-21(8-10-22)17-27-14-12-18(2)13-15-27/h6-11,16,18,24H,5,12-15,17H2,1-4H3,(H,26,28)/t24-/m0/s1. The Balaban J connectivity index is 1.62. The Hall–Kier alpha value is -2.13. The molecule has 1 aliphatic heterocycles. The van der Waals surface area contributed by atoms with Crippen molar-refractivity contribution in [2.75, 3.05) is 13.1 Å². The van der Waals surface area contributed by atoms with Gasteiger partial charge in [-0.3, -0.25) is 9.69 Å². The van der Waals surface area contributed by atoms with Gasteiger partial charge in [0.15, 0.2) is 0 Å². The molecule has 0 unspecified atom stereocenters. The summed E-state index contributed by atoms with van der Waals surface area (Å²) in [6.07, 6.45) is 3.45. The van der Waals surface area contributed by atoms with Crippen molar-refractivity contribution in [3.8, 4) is 0 Å². The Bertz CT molecular complexity index is 789. The molecule has 1 N–H and O–H groups in total. The van der Waals surface area contributed by atoms with E-state index >= 15 is 0 Å². The van der Waals surface area contributed by atoms with Crippen LogP contribution < -0.4 is 5.32 Å². The zero-order valence-corrected chi connectivity index (χ0v) is 17.8. The lowest BCUT2D eigenvalue weighted by Crippen LogP contribution is -2.32. The lowest BCUT2D eigenvalue weighted by atomic mass is 9.97. The summed E-state index contributed by atoms with van der Waals surface area (Å²) in [6.45, 7) is 12.0. The molecular formula is C25H34N2O. The number of benzene rings is 2. The summed E-state index contributed by atoms with van der Waals surface area (Å²) >= 11 is 0. The fourth-order valence-electron chi connectivity index (χ4n) is 4.10. The van der Waals surface area contributed by atoms with E-state index in [0.717, 1.165) is 24.4 Å². The SMILES string of the molecule is CC[C@H](NC(=O)c1ccc(CN2CCC(C)CC2)cc1)c1ccc(C)cc1C.